The van der Waals surface area contributed by atoms with Crippen LogP contribution in [0.3, 0.4) is 0 Å². The Bertz CT molecular complexity index is 525. The van der Waals surface area contributed by atoms with Gasteiger partial charge in [0.25, 0.3) is 5.91 Å². The van der Waals surface area contributed by atoms with E-state index in [2.05, 4.69) is 5.32 Å². The van der Waals surface area contributed by atoms with E-state index in [0.717, 1.165) is 25.9 Å². The summed E-state index contributed by atoms with van der Waals surface area (Å²) in [5.41, 5.74) is 0.779. The van der Waals surface area contributed by atoms with Gasteiger partial charge in [-0.2, -0.15) is 0 Å². The summed E-state index contributed by atoms with van der Waals surface area (Å²) in [5, 5.41) is 2.67. The highest BCUT2D eigenvalue weighted by molar-refractivity contribution is 5.97. The molecule has 0 radical (unpaired) electrons. The molecule has 0 aliphatic carbocycles. The summed E-state index contributed by atoms with van der Waals surface area (Å²) in [4.78, 5) is 25.9. The third-order valence-corrected chi connectivity index (χ3v) is 3.56. The number of likely N-dealkylation sites (tertiary alicyclic amines) is 1. The zero-order valence-electron chi connectivity index (χ0n) is 11.8. The number of halogens is 1. The van der Waals surface area contributed by atoms with Crippen molar-refractivity contribution in [2.24, 2.45) is 0 Å². The van der Waals surface area contributed by atoms with Crippen molar-refractivity contribution in [2.45, 2.75) is 32.7 Å². The number of hydrogen-bond donors (Lipinski definition) is 1. The summed E-state index contributed by atoms with van der Waals surface area (Å²) >= 11 is 0. The maximum atomic E-state index is 13.2. The van der Waals surface area contributed by atoms with Crippen molar-refractivity contribution in [3.63, 3.8) is 0 Å². The number of hydrogen-bond acceptors (Lipinski definition) is 2. The lowest BCUT2D eigenvalue weighted by Crippen LogP contribution is -2.45. The third-order valence-electron chi connectivity index (χ3n) is 3.56. The van der Waals surface area contributed by atoms with Crippen LogP contribution in [0.1, 0.15) is 35.7 Å². The summed E-state index contributed by atoms with van der Waals surface area (Å²) in [6, 6.07) is 3.60. The SMILES string of the molecule is Cc1cc(C(=O)NC(C)C(=O)N2CCCC2)ccc1F. The van der Waals surface area contributed by atoms with E-state index >= 15 is 0 Å². The first kappa shape index (κ1) is 14.5. The highest BCUT2D eigenvalue weighted by atomic mass is 19.1. The van der Waals surface area contributed by atoms with Crippen LogP contribution in [0, 0.1) is 12.7 Å². The predicted octanol–water partition coefficient (Wildman–Crippen LogP) is 1.87. The molecule has 1 fully saturated rings. The van der Waals surface area contributed by atoms with Crippen LogP contribution in [-0.2, 0) is 4.79 Å². The Morgan fingerprint density at radius 2 is 1.95 bits per heavy atom. The van der Waals surface area contributed by atoms with Gasteiger partial charge < -0.3 is 10.2 Å². The number of amides is 2. The molecule has 5 heteroatoms. The lowest BCUT2D eigenvalue weighted by Gasteiger charge is -2.21. The molecule has 1 saturated heterocycles. The topological polar surface area (TPSA) is 49.4 Å². The number of nitrogens with one attached hydrogen (secondary N) is 1. The lowest BCUT2D eigenvalue weighted by molar-refractivity contribution is -0.131. The number of benzene rings is 1. The van der Waals surface area contributed by atoms with Gasteiger partial charge in [-0.1, -0.05) is 0 Å². The van der Waals surface area contributed by atoms with E-state index in [0.29, 0.717) is 11.1 Å². The van der Waals surface area contributed by atoms with Gasteiger partial charge in [0, 0.05) is 18.7 Å². The molecule has 1 unspecified atom stereocenters. The lowest BCUT2D eigenvalue weighted by atomic mass is 10.1. The van der Waals surface area contributed by atoms with E-state index in [-0.39, 0.29) is 17.6 Å². The quantitative estimate of drug-likeness (QED) is 0.917. The van der Waals surface area contributed by atoms with E-state index in [1.54, 1.807) is 18.7 Å². The zero-order chi connectivity index (χ0) is 14.7. The van der Waals surface area contributed by atoms with Crippen LogP contribution in [0.5, 0.6) is 0 Å². The van der Waals surface area contributed by atoms with Gasteiger partial charge in [0.2, 0.25) is 5.91 Å². The maximum absolute atomic E-state index is 13.2. The largest absolute Gasteiger partial charge is 0.341 e. The Balaban J connectivity index is 1.99. The minimum atomic E-state index is -0.564. The Labute approximate surface area is 118 Å². The van der Waals surface area contributed by atoms with E-state index in [1.165, 1.54) is 18.2 Å². The van der Waals surface area contributed by atoms with E-state index in [4.69, 9.17) is 0 Å². The molecule has 1 aromatic carbocycles. The molecular formula is C15H19FN2O2. The molecule has 2 amide bonds. The zero-order valence-corrected chi connectivity index (χ0v) is 11.8. The number of carbonyl (C=O) groups is 2. The number of aryl methyl sites for hydroxylation is 1. The smallest absolute Gasteiger partial charge is 0.251 e. The molecule has 2 rings (SSSR count). The van der Waals surface area contributed by atoms with Crippen LogP contribution in [0.15, 0.2) is 18.2 Å². The molecule has 1 aromatic rings. The molecule has 1 aliphatic rings. The minimum absolute atomic E-state index is 0.0605. The highest BCUT2D eigenvalue weighted by Gasteiger charge is 2.24. The minimum Gasteiger partial charge on any atom is -0.341 e. The Kier molecular flexibility index (Phi) is 4.37. The molecule has 1 atom stereocenters. The Morgan fingerprint density at radius 3 is 2.55 bits per heavy atom. The van der Waals surface area contributed by atoms with Gasteiger partial charge in [-0.3, -0.25) is 9.59 Å². The molecule has 0 bridgehead atoms. The fourth-order valence-electron chi connectivity index (χ4n) is 2.34. The summed E-state index contributed by atoms with van der Waals surface area (Å²) < 4.78 is 13.2. The second-order valence-electron chi connectivity index (χ2n) is 5.19. The van der Waals surface area contributed by atoms with Gasteiger partial charge in [0.1, 0.15) is 11.9 Å². The number of nitrogens with zero attached hydrogens (tertiary/aromatic N) is 1. The van der Waals surface area contributed by atoms with Gasteiger partial charge in [-0.05, 0) is 50.5 Å². The normalized spacial score (nSPS) is 16.1. The van der Waals surface area contributed by atoms with E-state index in [9.17, 15) is 14.0 Å². The highest BCUT2D eigenvalue weighted by Crippen LogP contribution is 2.11. The molecule has 0 spiro atoms. The molecular weight excluding hydrogens is 259 g/mol. The van der Waals surface area contributed by atoms with Gasteiger partial charge in [-0.15, -0.1) is 0 Å². The summed E-state index contributed by atoms with van der Waals surface area (Å²) in [6.07, 6.45) is 2.03. The van der Waals surface area contributed by atoms with E-state index in [1.807, 2.05) is 0 Å². The second kappa shape index (κ2) is 6.03. The third kappa shape index (κ3) is 3.15. The molecule has 0 saturated carbocycles. The van der Waals surface area contributed by atoms with Crippen LogP contribution >= 0.6 is 0 Å². The Hall–Kier alpha value is -1.91. The maximum Gasteiger partial charge on any atom is 0.251 e. The second-order valence-corrected chi connectivity index (χ2v) is 5.19. The van der Waals surface area contributed by atoms with Crippen LogP contribution in [0.25, 0.3) is 0 Å². The molecule has 20 heavy (non-hydrogen) atoms. The number of rotatable bonds is 3. The van der Waals surface area contributed by atoms with E-state index < -0.39 is 6.04 Å². The standard InChI is InChI=1S/C15H19FN2O2/c1-10-9-12(5-6-13(10)16)14(19)17-11(2)15(20)18-7-3-4-8-18/h5-6,9,11H,3-4,7-8H2,1-2H3,(H,17,19). The van der Waals surface area contributed by atoms with Gasteiger partial charge in [0.05, 0.1) is 0 Å². The first-order valence-corrected chi connectivity index (χ1v) is 6.85. The number of carbonyl (C=O) groups excluding carboxylic acids is 2. The summed E-state index contributed by atoms with van der Waals surface area (Å²) in [6.45, 7) is 4.79. The molecule has 1 aliphatic heterocycles. The van der Waals surface area contributed by atoms with Gasteiger partial charge >= 0.3 is 0 Å². The van der Waals surface area contributed by atoms with Gasteiger partial charge in [0.15, 0.2) is 0 Å². The van der Waals surface area contributed by atoms with Crippen molar-refractivity contribution >= 4 is 11.8 Å². The van der Waals surface area contributed by atoms with Crippen LogP contribution < -0.4 is 5.32 Å². The molecule has 1 N–H and O–H groups in total. The van der Waals surface area contributed by atoms with Gasteiger partial charge in [-0.25, -0.2) is 4.39 Å². The Morgan fingerprint density at radius 1 is 1.30 bits per heavy atom. The summed E-state index contributed by atoms with van der Waals surface area (Å²) in [7, 11) is 0. The monoisotopic (exact) mass is 278 g/mol. The predicted molar refractivity (Wildman–Crippen MR) is 73.9 cm³/mol. The van der Waals surface area contributed by atoms with Crippen molar-refractivity contribution in [2.75, 3.05) is 13.1 Å². The molecule has 1 heterocycles. The van der Waals surface area contributed by atoms with Crippen molar-refractivity contribution in [1.82, 2.24) is 10.2 Å². The van der Waals surface area contributed by atoms with Crippen molar-refractivity contribution in [3.8, 4) is 0 Å². The van der Waals surface area contributed by atoms with Crippen LogP contribution in [0.4, 0.5) is 4.39 Å². The van der Waals surface area contributed by atoms with Crippen LogP contribution in [-0.4, -0.2) is 35.8 Å². The molecule has 4 nitrogen and oxygen atoms in total. The first-order valence-electron chi connectivity index (χ1n) is 6.85. The fraction of sp³-hybridized carbons (Fsp3) is 0.467. The van der Waals surface area contributed by atoms with Crippen molar-refractivity contribution in [3.05, 3.63) is 35.1 Å². The average molecular weight is 278 g/mol. The average Bonchev–Trinajstić information content (AvgIpc) is 2.94. The molecule has 108 valence electrons. The first-order chi connectivity index (χ1) is 9.49. The van der Waals surface area contributed by atoms with Crippen molar-refractivity contribution in [1.29, 1.82) is 0 Å². The summed E-state index contributed by atoms with van der Waals surface area (Å²) in [5.74, 6) is -0.759. The van der Waals surface area contributed by atoms with Crippen molar-refractivity contribution < 1.29 is 14.0 Å². The van der Waals surface area contributed by atoms with Crippen LogP contribution in [0.2, 0.25) is 0 Å². The molecule has 0 aromatic heterocycles. The fourth-order valence-corrected chi connectivity index (χ4v) is 2.34.